The molecule has 4 aromatic rings. The second-order valence-electron chi connectivity index (χ2n) is 9.98. The normalized spacial score (nSPS) is 12.6. The number of nitrogens with zero attached hydrogens (tertiary/aromatic N) is 2. The summed E-state index contributed by atoms with van der Waals surface area (Å²) in [5.41, 5.74) is 6.88. The average Bonchev–Trinajstić information content (AvgIpc) is 3.32. The third kappa shape index (κ3) is 5.30. The standard InChI is InChI=1S/C29H34N2O3/c1-17(2)7-9-23(29-19(4)11-18(3)16-30-29)14-25(32)13-22-8-10-26-24(12-22)15-27(33-26)28-20(5)31-34-21(28)6/h8,10-12,15-17,23H,7,9,13-14H2,1-6H3. The van der Waals surface area contributed by atoms with Gasteiger partial charge in [-0.2, -0.15) is 0 Å². The minimum Gasteiger partial charge on any atom is -0.456 e. The van der Waals surface area contributed by atoms with Gasteiger partial charge in [0.15, 0.2) is 0 Å². The van der Waals surface area contributed by atoms with Crippen molar-refractivity contribution >= 4 is 16.8 Å². The molecule has 0 bridgehead atoms. The van der Waals surface area contributed by atoms with Crippen LogP contribution in [0.3, 0.4) is 0 Å². The van der Waals surface area contributed by atoms with Gasteiger partial charge < -0.3 is 8.94 Å². The number of ketones is 1. The number of carbonyl (C=O) groups is 1. The number of fused-ring (bicyclic) bond motifs is 1. The van der Waals surface area contributed by atoms with Crippen molar-refractivity contribution in [2.24, 2.45) is 5.92 Å². The first-order valence-corrected chi connectivity index (χ1v) is 12.1. The van der Waals surface area contributed by atoms with Crippen molar-refractivity contribution in [2.45, 2.75) is 73.1 Å². The first-order valence-electron chi connectivity index (χ1n) is 12.1. The fraction of sp³-hybridized carbons (Fsp3) is 0.414. The van der Waals surface area contributed by atoms with Crippen molar-refractivity contribution < 1.29 is 13.7 Å². The number of aryl methyl sites for hydroxylation is 4. The molecule has 1 aromatic carbocycles. The van der Waals surface area contributed by atoms with Gasteiger partial charge in [-0.05, 0) is 74.9 Å². The van der Waals surface area contributed by atoms with Gasteiger partial charge in [0.05, 0.1) is 11.3 Å². The summed E-state index contributed by atoms with van der Waals surface area (Å²) in [5.74, 6) is 2.46. The van der Waals surface area contributed by atoms with Crippen LogP contribution in [0.2, 0.25) is 0 Å². The maximum Gasteiger partial charge on any atom is 0.144 e. The van der Waals surface area contributed by atoms with Gasteiger partial charge in [-0.3, -0.25) is 9.78 Å². The van der Waals surface area contributed by atoms with Crippen LogP contribution in [0, 0.1) is 33.6 Å². The molecule has 0 aliphatic heterocycles. The number of rotatable bonds is 9. The van der Waals surface area contributed by atoms with E-state index in [-0.39, 0.29) is 11.7 Å². The lowest BCUT2D eigenvalue weighted by molar-refractivity contribution is -0.118. The summed E-state index contributed by atoms with van der Waals surface area (Å²) in [7, 11) is 0. The van der Waals surface area contributed by atoms with E-state index in [0.29, 0.717) is 18.8 Å². The second kappa shape index (κ2) is 9.96. The Morgan fingerprint density at radius 2 is 1.82 bits per heavy atom. The highest BCUT2D eigenvalue weighted by atomic mass is 16.5. The van der Waals surface area contributed by atoms with Gasteiger partial charge >= 0.3 is 0 Å². The zero-order valence-electron chi connectivity index (χ0n) is 21.1. The largest absolute Gasteiger partial charge is 0.456 e. The van der Waals surface area contributed by atoms with Crippen LogP contribution in [0.15, 0.2) is 45.5 Å². The third-order valence-electron chi connectivity index (χ3n) is 6.47. The van der Waals surface area contributed by atoms with Crippen molar-refractivity contribution in [2.75, 3.05) is 0 Å². The van der Waals surface area contributed by atoms with Crippen LogP contribution in [-0.4, -0.2) is 15.9 Å². The molecular formula is C29H34N2O3. The average molecular weight is 459 g/mol. The van der Waals surface area contributed by atoms with Crippen LogP contribution in [0.5, 0.6) is 0 Å². The summed E-state index contributed by atoms with van der Waals surface area (Å²) in [4.78, 5) is 17.9. The number of hydrogen-bond acceptors (Lipinski definition) is 5. The van der Waals surface area contributed by atoms with E-state index in [2.05, 4.69) is 45.0 Å². The Morgan fingerprint density at radius 3 is 2.50 bits per heavy atom. The predicted octanol–water partition coefficient (Wildman–Crippen LogP) is 7.44. The smallest absolute Gasteiger partial charge is 0.144 e. The summed E-state index contributed by atoms with van der Waals surface area (Å²) in [6.07, 6.45) is 4.89. The molecular weight excluding hydrogens is 424 g/mol. The number of aromatic nitrogens is 2. The minimum absolute atomic E-state index is 0.152. The Bertz CT molecular complexity index is 1290. The van der Waals surface area contributed by atoms with E-state index in [1.165, 1.54) is 5.56 Å². The maximum atomic E-state index is 13.2. The lowest BCUT2D eigenvalue weighted by atomic mass is 9.87. The third-order valence-corrected chi connectivity index (χ3v) is 6.47. The van der Waals surface area contributed by atoms with Crippen LogP contribution >= 0.6 is 0 Å². The monoisotopic (exact) mass is 458 g/mol. The summed E-state index contributed by atoms with van der Waals surface area (Å²) < 4.78 is 11.3. The zero-order chi connectivity index (χ0) is 24.4. The summed E-state index contributed by atoms with van der Waals surface area (Å²) >= 11 is 0. The number of pyridine rings is 1. The van der Waals surface area contributed by atoms with Crippen molar-refractivity contribution in [1.29, 1.82) is 0 Å². The molecule has 3 heterocycles. The van der Waals surface area contributed by atoms with Crippen LogP contribution in [-0.2, 0) is 11.2 Å². The van der Waals surface area contributed by atoms with Crippen molar-refractivity contribution in [1.82, 2.24) is 10.1 Å². The molecule has 0 saturated carbocycles. The minimum atomic E-state index is 0.152. The van der Waals surface area contributed by atoms with Crippen molar-refractivity contribution in [3.63, 3.8) is 0 Å². The summed E-state index contributed by atoms with van der Waals surface area (Å²) in [6, 6.07) is 10.2. The van der Waals surface area contributed by atoms with Gasteiger partial charge in [0.2, 0.25) is 0 Å². The van der Waals surface area contributed by atoms with Crippen LogP contribution in [0.4, 0.5) is 0 Å². The molecule has 0 fully saturated rings. The number of carbonyl (C=O) groups excluding carboxylic acids is 1. The SMILES string of the molecule is Cc1cnc(C(CCC(C)C)CC(=O)Cc2ccc3oc(-c4c(C)noc4C)cc3c2)c(C)c1. The molecule has 0 amide bonds. The Hall–Kier alpha value is -3.21. The van der Waals surface area contributed by atoms with Gasteiger partial charge in [0.1, 0.15) is 22.9 Å². The molecule has 0 spiro atoms. The highest BCUT2D eigenvalue weighted by molar-refractivity contribution is 5.87. The first-order chi connectivity index (χ1) is 16.2. The second-order valence-corrected chi connectivity index (χ2v) is 9.98. The van der Waals surface area contributed by atoms with E-state index in [4.69, 9.17) is 13.9 Å². The fourth-order valence-electron chi connectivity index (χ4n) is 4.76. The zero-order valence-corrected chi connectivity index (χ0v) is 21.1. The number of benzene rings is 1. The van der Waals surface area contributed by atoms with Crippen molar-refractivity contribution in [3.8, 4) is 11.3 Å². The number of Topliss-reactive ketones (excluding diaryl/α,β-unsaturated/α-hetero) is 1. The molecule has 1 unspecified atom stereocenters. The van der Waals surface area contributed by atoms with E-state index in [1.54, 1.807) is 0 Å². The van der Waals surface area contributed by atoms with Gasteiger partial charge in [-0.15, -0.1) is 0 Å². The molecule has 0 saturated heterocycles. The molecule has 0 aliphatic carbocycles. The van der Waals surface area contributed by atoms with E-state index in [0.717, 1.165) is 63.4 Å². The molecule has 0 radical (unpaired) electrons. The van der Waals surface area contributed by atoms with E-state index < -0.39 is 0 Å². The highest BCUT2D eigenvalue weighted by Gasteiger charge is 2.21. The predicted molar refractivity (Wildman–Crippen MR) is 135 cm³/mol. The van der Waals surface area contributed by atoms with Gasteiger partial charge in [0, 0.05) is 36.0 Å². The lowest BCUT2D eigenvalue weighted by Crippen LogP contribution is -2.13. The molecule has 0 N–H and O–H groups in total. The Morgan fingerprint density at radius 1 is 1.03 bits per heavy atom. The van der Waals surface area contributed by atoms with Gasteiger partial charge in [0.25, 0.3) is 0 Å². The topological polar surface area (TPSA) is 69.1 Å². The maximum absolute atomic E-state index is 13.2. The molecule has 178 valence electrons. The summed E-state index contributed by atoms with van der Waals surface area (Å²) in [5, 5.41) is 5.00. The van der Waals surface area contributed by atoms with E-state index in [1.807, 2.05) is 38.2 Å². The molecule has 3 aromatic heterocycles. The molecule has 34 heavy (non-hydrogen) atoms. The highest BCUT2D eigenvalue weighted by Crippen LogP contribution is 2.33. The number of hydrogen-bond donors (Lipinski definition) is 0. The quantitative estimate of drug-likeness (QED) is 0.261. The van der Waals surface area contributed by atoms with Gasteiger partial charge in [-0.1, -0.05) is 37.6 Å². The Balaban J connectivity index is 1.52. The van der Waals surface area contributed by atoms with Gasteiger partial charge in [-0.25, -0.2) is 0 Å². The van der Waals surface area contributed by atoms with Crippen LogP contribution < -0.4 is 0 Å². The molecule has 4 rings (SSSR count). The number of furan rings is 1. The van der Waals surface area contributed by atoms with E-state index >= 15 is 0 Å². The van der Waals surface area contributed by atoms with Crippen LogP contribution in [0.1, 0.15) is 72.9 Å². The Kier molecular flexibility index (Phi) is 7.01. The van der Waals surface area contributed by atoms with Crippen molar-refractivity contribution in [3.05, 3.63) is 70.4 Å². The summed E-state index contributed by atoms with van der Waals surface area (Å²) in [6.45, 7) is 12.4. The molecule has 1 atom stereocenters. The lowest BCUT2D eigenvalue weighted by Gasteiger charge is -2.19. The first kappa shape index (κ1) is 23.9. The fourth-order valence-corrected chi connectivity index (χ4v) is 4.76. The molecule has 5 nitrogen and oxygen atoms in total. The Labute approximate surface area is 201 Å². The molecule has 5 heteroatoms. The van der Waals surface area contributed by atoms with Crippen LogP contribution in [0.25, 0.3) is 22.3 Å². The molecule has 0 aliphatic rings. The van der Waals surface area contributed by atoms with E-state index in [9.17, 15) is 4.79 Å².